The molecule has 1 aromatic carbocycles. The topological polar surface area (TPSA) is 74.2 Å². The number of urea groups is 1. The number of thiophene rings is 1. The molecule has 0 saturated carbocycles. The molecule has 5 nitrogen and oxygen atoms in total. The fourth-order valence-corrected chi connectivity index (χ4v) is 3.18. The first-order valence-electron chi connectivity index (χ1n) is 7.94. The summed E-state index contributed by atoms with van der Waals surface area (Å²) in [5.41, 5.74) is 3.93. The van der Waals surface area contributed by atoms with Crippen molar-refractivity contribution in [3.63, 3.8) is 0 Å². The van der Waals surface area contributed by atoms with E-state index in [1.54, 1.807) is 23.7 Å². The third kappa shape index (κ3) is 4.89. The number of anilines is 1. The van der Waals surface area contributed by atoms with Crippen LogP contribution < -0.4 is 10.6 Å². The molecule has 0 radical (unpaired) electrons. The van der Waals surface area contributed by atoms with Crippen molar-refractivity contribution in [2.45, 2.75) is 12.5 Å². The van der Waals surface area contributed by atoms with Crippen molar-refractivity contribution in [1.29, 1.82) is 0 Å². The lowest BCUT2D eigenvalue weighted by Gasteiger charge is -2.16. The number of amides is 2. The van der Waals surface area contributed by atoms with Crippen LogP contribution in [0.2, 0.25) is 0 Å². The highest BCUT2D eigenvalue weighted by atomic mass is 32.1. The third-order valence-corrected chi connectivity index (χ3v) is 4.51. The molecule has 0 aliphatic carbocycles. The van der Waals surface area contributed by atoms with Gasteiger partial charge in [-0.15, -0.1) is 0 Å². The summed E-state index contributed by atoms with van der Waals surface area (Å²) in [5.74, 6) is 0. The Bertz CT molecular complexity index is 789. The lowest BCUT2D eigenvalue weighted by Crippen LogP contribution is -2.41. The van der Waals surface area contributed by atoms with E-state index in [-0.39, 0.29) is 18.7 Å². The van der Waals surface area contributed by atoms with E-state index in [0.29, 0.717) is 12.1 Å². The maximum absolute atomic E-state index is 12.1. The number of carbonyl (C=O) groups excluding carboxylic acids is 1. The van der Waals surface area contributed by atoms with Gasteiger partial charge in [-0.3, -0.25) is 4.98 Å². The number of aliphatic hydroxyl groups is 1. The van der Waals surface area contributed by atoms with Gasteiger partial charge in [0.25, 0.3) is 0 Å². The van der Waals surface area contributed by atoms with Crippen LogP contribution in [0.15, 0.2) is 65.6 Å². The van der Waals surface area contributed by atoms with Gasteiger partial charge in [0.1, 0.15) is 0 Å². The molecule has 3 rings (SSSR count). The van der Waals surface area contributed by atoms with Crippen molar-refractivity contribution in [3.05, 3.63) is 71.2 Å². The van der Waals surface area contributed by atoms with Gasteiger partial charge in [0.15, 0.2) is 0 Å². The van der Waals surface area contributed by atoms with Crippen LogP contribution in [0.4, 0.5) is 10.5 Å². The van der Waals surface area contributed by atoms with Gasteiger partial charge in [-0.05, 0) is 64.2 Å². The SMILES string of the molecule is O=C(Nc1ccc(-c2ccncc2)cc1)NC(CO)Cc1ccsc1. The lowest BCUT2D eigenvalue weighted by molar-refractivity contribution is 0.224. The molecule has 1 atom stereocenters. The van der Waals surface area contributed by atoms with Gasteiger partial charge < -0.3 is 15.7 Å². The summed E-state index contributed by atoms with van der Waals surface area (Å²) in [4.78, 5) is 16.1. The molecule has 2 amide bonds. The average molecular weight is 353 g/mol. The van der Waals surface area contributed by atoms with Crippen LogP contribution in [0.3, 0.4) is 0 Å². The fourth-order valence-electron chi connectivity index (χ4n) is 2.50. The Hall–Kier alpha value is -2.70. The molecular weight excluding hydrogens is 334 g/mol. The summed E-state index contributed by atoms with van der Waals surface area (Å²) in [6.45, 7) is -0.107. The normalized spacial score (nSPS) is 11.7. The third-order valence-electron chi connectivity index (χ3n) is 3.77. The number of hydrogen-bond acceptors (Lipinski definition) is 4. The standard InChI is InChI=1S/C19H19N3O2S/c23-12-18(11-14-7-10-25-13-14)22-19(24)21-17-3-1-15(2-4-17)16-5-8-20-9-6-16/h1-10,13,18,23H,11-12H2,(H2,21,22,24). The largest absolute Gasteiger partial charge is 0.394 e. The monoisotopic (exact) mass is 353 g/mol. The molecule has 1 unspecified atom stereocenters. The molecule has 0 saturated heterocycles. The summed E-state index contributed by atoms with van der Waals surface area (Å²) in [6.07, 6.45) is 4.10. The first kappa shape index (κ1) is 17.1. The van der Waals surface area contributed by atoms with Crippen LogP contribution >= 0.6 is 11.3 Å². The zero-order chi connectivity index (χ0) is 17.5. The molecule has 0 spiro atoms. The quantitative estimate of drug-likeness (QED) is 0.635. The maximum atomic E-state index is 12.1. The smallest absolute Gasteiger partial charge is 0.319 e. The van der Waals surface area contributed by atoms with E-state index < -0.39 is 0 Å². The summed E-state index contributed by atoms with van der Waals surface area (Å²) in [5, 5.41) is 19.0. The molecule has 6 heteroatoms. The zero-order valence-corrected chi connectivity index (χ0v) is 14.4. The molecule has 3 N–H and O–H groups in total. The summed E-state index contributed by atoms with van der Waals surface area (Å²) >= 11 is 1.60. The molecule has 0 aliphatic rings. The van der Waals surface area contributed by atoms with Gasteiger partial charge in [0.2, 0.25) is 0 Å². The molecule has 0 aliphatic heterocycles. The molecule has 2 heterocycles. The molecule has 25 heavy (non-hydrogen) atoms. The van der Waals surface area contributed by atoms with Crippen molar-refractivity contribution < 1.29 is 9.90 Å². The van der Waals surface area contributed by atoms with E-state index in [4.69, 9.17) is 0 Å². The number of pyridine rings is 1. The lowest BCUT2D eigenvalue weighted by atomic mass is 10.1. The van der Waals surface area contributed by atoms with E-state index in [1.807, 2.05) is 53.2 Å². The van der Waals surface area contributed by atoms with Crippen LogP contribution in [0.1, 0.15) is 5.56 Å². The Morgan fingerprint density at radius 1 is 1.08 bits per heavy atom. The second-order valence-corrected chi connectivity index (χ2v) is 6.41. The van der Waals surface area contributed by atoms with Gasteiger partial charge >= 0.3 is 6.03 Å². The molecule has 2 aromatic heterocycles. The number of nitrogens with zero attached hydrogens (tertiary/aromatic N) is 1. The van der Waals surface area contributed by atoms with E-state index in [1.165, 1.54) is 0 Å². The highest BCUT2D eigenvalue weighted by molar-refractivity contribution is 7.07. The molecular formula is C19H19N3O2S. The van der Waals surface area contributed by atoms with Crippen LogP contribution in [-0.4, -0.2) is 28.8 Å². The van der Waals surface area contributed by atoms with Crippen LogP contribution in [0.5, 0.6) is 0 Å². The van der Waals surface area contributed by atoms with Gasteiger partial charge in [0, 0.05) is 18.1 Å². The highest BCUT2D eigenvalue weighted by Crippen LogP contribution is 2.20. The van der Waals surface area contributed by atoms with Crippen molar-refractivity contribution in [2.24, 2.45) is 0 Å². The first-order chi connectivity index (χ1) is 12.2. The predicted octanol–water partition coefficient (Wildman–Crippen LogP) is 3.54. The molecule has 0 bridgehead atoms. The second-order valence-electron chi connectivity index (χ2n) is 5.63. The number of aromatic nitrogens is 1. The Morgan fingerprint density at radius 3 is 2.44 bits per heavy atom. The predicted molar refractivity (Wildman–Crippen MR) is 101 cm³/mol. The van der Waals surface area contributed by atoms with Crippen LogP contribution in [0.25, 0.3) is 11.1 Å². The molecule has 128 valence electrons. The molecule has 3 aromatic rings. The van der Waals surface area contributed by atoms with Gasteiger partial charge in [0.05, 0.1) is 12.6 Å². The minimum Gasteiger partial charge on any atom is -0.394 e. The van der Waals surface area contributed by atoms with E-state index in [2.05, 4.69) is 15.6 Å². The van der Waals surface area contributed by atoms with E-state index >= 15 is 0 Å². The number of rotatable bonds is 6. The van der Waals surface area contributed by atoms with E-state index in [0.717, 1.165) is 16.7 Å². The number of carbonyl (C=O) groups is 1. The van der Waals surface area contributed by atoms with Gasteiger partial charge in [-0.25, -0.2) is 4.79 Å². The van der Waals surface area contributed by atoms with Gasteiger partial charge in [-0.1, -0.05) is 12.1 Å². The van der Waals surface area contributed by atoms with Crippen molar-refractivity contribution in [2.75, 3.05) is 11.9 Å². The average Bonchev–Trinajstić information content (AvgIpc) is 3.15. The summed E-state index contributed by atoms with van der Waals surface area (Å²) in [7, 11) is 0. The van der Waals surface area contributed by atoms with Crippen molar-refractivity contribution in [1.82, 2.24) is 10.3 Å². The second kappa shape index (κ2) is 8.41. The van der Waals surface area contributed by atoms with E-state index in [9.17, 15) is 9.90 Å². The Kier molecular flexibility index (Phi) is 5.77. The summed E-state index contributed by atoms with van der Waals surface area (Å²) in [6, 6.07) is 12.8. The highest BCUT2D eigenvalue weighted by Gasteiger charge is 2.12. The summed E-state index contributed by atoms with van der Waals surface area (Å²) < 4.78 is 0. The minimum absolute atomic E-state index is 0.107. The fraction of sp³-hybridized carbons (Fsp3) is 0.158. The molecule has 0 fully saturated rings. The van der Waals surface area contributed by atoms with Crippen LogP contribution in [0, 0.1) is 0 Å². The number of aliphatic hydroxyl groups excluding tert-OH is 1. The number of hydrogen-bond donors (Lipinski definition) is 3. The Labute approximate surface area is 150 Å². The Balaban J connectivity index is 1.57. The van der Waals surface area contributed by atoms with Crippen LogP contribution in [-0.2, 0) is 6.42 Å². The number of nitrogens with one attached hydrogen (secondary N) is 2. The van der Waals surface area contributed by atoms with Crippen molar-refractivity contribution >= 4 is 23.1 Å². The first-order valence-corrected chi connectivity index (χ1v) is 8.89. The maximum Gasteiger partial charge on any atom is 0.319 e. The zero-order valence-electron chi connectivity index (χ0n) is 13.6. The Morgan fingerprint density at radius 2 is 1.80 bits per heavy atom. The number of benzene rings is 1. The minimum atomic E-state index is -0.328. The van der Waals surface area contributed by atoms with Crippen molar-refractivity contribution in [3.8, 4) is 11.1 Å². The van der Waals surface area contributed by atoms with Gasteiger partial charge in [-0.2, -0.15) is 11.3 Å².